The fourth-order valence-corrected chi connectivity index (χ4v) is 2.88. The number of benzene rings is 1. The molecule has 0 saturated carbocycles. The van der Waals surface area contributed by atoms with Crippen LogP contribution in [0.2, 0.25) is 0 Å². The summed E-state index contributed by atoms with van der Waals surface area (Å²) in [7, 11) is 1.61. The van der Waals surface area contributed by atoms with Crippen molar-refractivity contribution in [3.05, 3.63) is 29.8 Å². The first kappa shape index (κ1) is 14.8. The Morgan fingerprint density at radius 1 is 1.45 bits per heavy atom. The van der Waals surface area contributed by atoms with Crippen LogP contribution in [0.3, 0.4) is 0 Å². The van der Waals surface area contributed by atoms with E-state index in [0.717, 1.165) is 37.1 Å². The van der Waals surface area contributed by atoms with Crippen LogP contribution >= 0.6 is 12.2 Å². The molecule has 4 nitrogen and oxygen atoms in total. The summed E-state index contributed by atoms with van der Waals surface area (Å²) in [5, 5.41) is 0. The average Bonchev–Trinajstić information content (AvgIpc) is 2.47. The van der Waals surface area contributed by atoms with Crippen molar-refractivity contribution < 1.29 is 9.53 Å². The number of hydrogen-bond donors (Lipinski definition) is 1. The molecule has 1 aliphatic heterocycles. The molecule has 2 N–H and O–H groups in total. The van der Waals surface area contributed by atoms with Crippen molar-refractivity contribution in [2.75, 3.05) is 13.7 Å². The number of likely N-dealkylation sites (tertiary alicyclic amines) is 1. The van der Waals surface area contributed by atoms with Gasteiger partial charge in [0, 0.05) is 12.1 Å². The fraction of sp³-hybridized carbons (Fsp3) is 0.467. The molecule has 0 spiro atoms. The number of ether oxygens (including phenoxy) is 1. The van der Waals surface area contributed by atoms with Gasteiger partial charge in [0.05, 0.1) is 24.6 Å². The van der Waals surface area contributed by atoms with Gasteiger partial charge >= 0.3 is 0 Å². The van der Waals surface area contributed by atoms with Crippen molar-refractivity contribution in [1.82, 2.24) is 4.90 Å². The molecule has 1 fully saturated rings. The summed E-state index contributed by atoms with van der Waals surface area (Å²) in [6.45, 7) is 0.732. The van der Waals surface area contributed by atoms with E-state index in [1.165, 1.54) is 0 Å². The highest BCUT2D eigenvalue weighted by molar-refractivity contribution is 7.80. The number of amides is 1. The van der Waals surface area contributed by atoms with Crippen molar-refractivity contribution >= 4 is 23.1 Å². The maximum absolute atomic E-state index is 12.5. The van der Waals surface area contributed by atoms with Gasteiger partial charge < -0.3 is 15.4 Å². The molecule has 1 unspecified atom stereocenters. The van der Waals surface area contributed by atoms with Crippen LogP contribution in [0, 0.1) is 0 Å². The topological polar surface area (TPSA) is 55.6 Å². The minimum absolute atomic E-state index is 0.0620. The Balaban J connectivity index is 2.12. The Kier molecular flexibility index (Phi) is 4.95. The normalized spacial score (nSPS) is 18.6. The molecule has 0 radical (unpaired) electrons. The van der Waals surface area contributed by atoms with Gasteiger partial charge in [-0.15, -0.1) is 0 Å². The number of rotatable bonds is 4. The Bertz CT molecular complexity index is 504. The van der Waals surface area contributed by atoms with Gasteiger partial charge in [-0.25, -0.2) is 0 Å². The van der Waals surface area contributed by atoms with Crippen LogP contribution in [-0.2, 0) is 11.2 Å². The number of thiocarbonyl (C=S) groups is 1. The van der Waals surface area contributed by atoms with Gasteiger partial charge in [0.1, 0.15) is 5.75 Å². The lowest BCUT2D eigenvalue weighted by Crippen LogP contribution is -2.50. The highest BCUT2D eigenvalue weighted by Gasteiger charge is 2.28. The number of nitrogens with zero attached hydrogens (tertiary/aromatic N) is 1. The lowest BCUT2D eigenvalue weighted by molar-refractivity contribution is -0.132. The minimum atomic E-state index is -0.0963. The predicted molar refractivity (Wildman–Crippen MR) is 82.8 cm³/mol. The van der Waals surface area contributed by atoms with Gasteiger partial charge in [-0.2, -0.15) is 0 Å². The van der Waals surface area contributed by atoms with Gasteiger partial charge in [0.2, 0.25) is 5.91 Å². The maximum Gasteiger partial charge on any atom is 0.227 e. The lowest BCUT2D eigenvalue weighted by Gasteiger charge is -2.35. The largest absolute Gasteiger partial charge is 0.496 e. The number of piperidine rings is 1. The number of methoxy groups -OCH3 is 1. The molecular weight excluding hydrogens is 272 g/mol. The van der Waals surface area contributed by atoms with Crippen molar-refractivity contribution in [3.8, 4) is 5.75 Å². The van der Waals surface area contributed by atoms with E-state index in [9.17, 15) is 4.79 Å². The van der Waals surface area contributed by atoms with Gasteiger partial charge in [-0.1, -0.05) is 30.4 Å². The van der Waals surface area contributed by atoms with Crippen LogP contribution in [0.5, 0.6) is 5.75 Å². The summed E-state index contributed by atoms with van der Waals surface area (Å²) in [6.07, 6.45) is 3.27. The molecule has 1 aliphatic rings. The van der Waals surface area contributed by atoms with E-state index in [1.54, 1.807) is 7.11 Å². The molecule has 1 atom stereocenters. The molecule has 5 heteroatoms. The van der Waals surface area contributed by atoms with Crippen molar-refractivity contribution in [2.45, 2.75) is 31.7 Å². The van der Waals surface area contributed by atoms with E-state index in [-0.39, 0.29) is 11.9 Å². The molecule has 0 aromatic heterocycles. The third-order valence-electron chi connectivity index (χ3n) is 3.69. The molecule has 1 aromatic carbocycles. The Labute approximate surface area is 124 Å². The summed E-state index contributed by atoms with van der Waals surface area (Å²) in [4.78, 5) is 14.7. The minimum Gasteiger partial charge on any atom is -0.496 e. The third-order valence-corrected chi connectivity index (χ3v) is 3.96. The summed E-state index contributed by atoms with van der Waals surface area (Å²) in [5.41, 5.74) is 6.65. The summed E-state index contributed by atoms with van der Waals surface area (Å²) >= 11 is 5.08. The molecule has 1 aromatic rings. The Morgan fingerprint density at radius 2 is 2.20 bits per heavy atom. The van der Waals surface area contributed by atoms with E-state index < -0.39 is 0 Å². The first-order chi connectivity index (χ1) is 9.63. The van der Waals surface area contributed by atoms with Gasteiger partial charge in [-0.3, -0.25) is 4.79 Å². The predicted octanol–water partition coefficient (Wildman–Crippen LogP) is 1.90. The molecule has 1 heterocycles. The van der Waals surface area contributed by atoms with Gasteiger partial charge in [-0.05, 0) is 25.3 Å². The second kappa shape index (κ2) is 6.70. The zero-order valence-electron chi connectivity index (χ0n) is 11.7. The second-order valence-electron chi connectivity index (χ2n) is 4.99. The van der Waals surface area contributed by atoms with Crippen LogP contribution in [0.25, 0.3) is 0 Å². The molecule has 0 bridgehead atoms. The van der Waals surface area contributed by atoms with Crippen molar-refractivity contribution in [2.24, 2.45) is 5.73 Å². The average molecular weight is 292 g/mol. The second-order valence-corrected chi connectivity index (χ2v) is 5.46. The Morgan fingerprint density at radius 3 is 2.90 bits per heavy atom. The van der Waals surface area contributed by atoms with Gasteiger partial charge in [0.15, 0.2) is 0 Å². The smallest absolute Gasteiger partial charge is 0.227 e. The molecule has 2 rings (SSSR count). The van der Waals surface area contributed by atoms with Crippen molar-refractivity contribution in [3.63, 3.8) is 0 Å². The van der Waals surface area contributed by atoms with E-state index in [2.05, 4.69) is 0 Å². The lowest BCUT2D eigenvalue weighted by atomic mass is 10.0. The van der Waals surface area contributed by atoms with Crippen LogP contribution in [0.15, 0.2) is 24.3 Å². The Hall–Kier alpha value is -1.62. The fourth-order valence-electron chi connectivity index (χ4n) is 2.64. The number of para-hydroxylation sites is 1. The zero-order chi connectivity index (χ0) is 14.5. The molecular formula is C15H20N2O2S. The standard InChI is InChI=1S/C15H20N2O2S/c1-19-13-8-3-2-6-11(13)10-14(18)17-9-5-4-7-12(17)15(16)20/h2-3,6,8,12H,4-5,7,9-10H2,1H3,(H2,16,20). The summed E-state index contributed by atoms with van der Waals surface area (Å²) < 4.78 is 5.29. The van der Waals surface area contributed by atoms with E-state index >= 15 is 0 Å². The number of carbonyl (C=O) groups excluding carboxylic acids is 1. The summed E-state index contributed by atoms with van der Waals surface area (Å²) in [5.74, 6) is 0.803. The van der Waals surface area contributed by atoms with E-state index in [1.807, 2.05) is 29.2 Å². The highest BCUT2D eigenvalue weighted by Crippen LogP contribution is 2.22. The summed E-state index contributed by atoms with van der Waals surface area (Å²) in [6, 6.07) is 7.49. The first-order valence-electron chi connectivity index (χ1n) is 6.84. The maximum atomic E-state index is 12.5. The molecule has 0 aliphatic carbocycles. The first-order valence-corrected chi connectivity index (χ1v) is 7.25. The quantitative estimate of drug-likeness (QED) is 0.861. The number of hydrogen-bond acceptors (Lipinski definition) is 3. The van der Waals surface area contributed by atoms with Crippen LogP contribution in [0.4, 0.5) is 0 Å². The molecule has 1 saturated heterocycles. The monoisotopic (exact) mass is 292 g/mol. The molecule has 108 valence electrons. The van der Waals surface area contributed by atoms with E-state index in [4.69, 9.17) is 22.7 Å². The zero-order valence-corrected chi connectivity index (χ0v) is 12.5. The van der Waals surface area contributed by atoms with Crippen LogP contribution in [-0.4, -0.2) is 35.5 Å². The number of carbonyl (C=O) groups is 1. The van der Waals surface area contributed by atoms with E-state index in [0.29, 0.717) is 11.4 Å². The molecule has 1 amide bonds. The van der Waals surface area contributed by atoms with Crippen LogP contribution in [0.1, 0.15) is 24.8 Å². The molecule has 20 heavy (non-hydrogen) atoms. The highest BCUT2D eigenvalue weighted by atomic mass is 32.1. The van der Waals surface area contributed by atoms with Crippen molar-refractivity contribution in [1.29, 1.82) is 0 Å². The van der Waals surface area contributed by atoms with Gasteiger partial charge in [0.25, 0.3) is 0 Å². The SMILES string of the molecule is COc1ccccc1CC(=O)N1CCCCC1C(N)=S. The number of nitrogens with two attached hydrogens (primary N) is 1. The van der Waals surface area contributed by atoms with Crippen LogP contribution < -0.4 is 10.5 Å². The third kappa shape index (κ3) is 3.28.